The summed E-state index contributed by atoms with van der Waals surface area (Å²) in [6.45, 7) is 3.17. The van der Waals surface area contributed by atoms with Crippen molar-refractivity contribution in [2.24, 2.45) is 0 Å². The van der Waals surface area contributed by atoms with Crippen LogP contribution in [0.15, 0.2) is 23.1 Å². The number of aromatic amines is 1. The minimum absolute atomic E-state index is 0.332. The third kappa shape index (κ3) is 2.58. The van der Waals surface area contributed by atoms with E-state index in [1.807, 2.05) is 0 Å². The molecular weight excluding hydrogens is 274 g/mol. The maximum absolute atomic E-state index is 11.6. The van der Waals surface area contributed by atoms with E-state index in [9.17, 15) is 8.42 Å². The predicted molar refractivity (Wildman–Crippen MR) is 78.6 cm³/mol. The molecule has 1 aromatic heterocycles. The number of sulfone groups is 1. The van der Waals surface area contributed by atoms with Gasteiger partial charge in [0.05, 0.1) is 15.9 Å². The molecule has 0 amide bonds. The summed E-state index contributed by atoms with van der Waals surface area (Å²) in [6, 6.07) is 5.56. The Kier molecular flexibility index (Phi) is 3.30. The molecule has 1 aromatic carbocycles. The van der Waals surface area contributed by atoms with Crippen LogP contribution in [0.4, 0.5) is 0 Å². The van der Waals surface area contributed by atoms with Crippen LogP contribution in [0.1, 0.15) is 31.5 Å². The Hall–Kier alpha value is -1.40. The average molecular weight is 293 g/mol. The first kappa shape index (κ1) is 13.6. The topological polar surface area (TPSA) is 74.8 Å². The van der Waals surface area contributed by atoms with Gasteiger partial charge in [0.2, 0.25) is 0 Å². The van der Waals surface area contributed by atoms with Crippen molar-refractivity contribution in [2.45, 2.75) is 36.6 Å². The van der Waals surface area contributed by atoms with Crippen LogP contribution in [-0.2, 0) is 9.84 Å². The number of imidazole rings is 1. The second-order valence-corrected chi connectivity index (χ2v) is 7.67. The summed E-state index contributed by atoms with van der Waals surface area (Å²) in [4.78, 5) is 8.24. The van der Waals surface area contributed by atoms with Gasteiger partial charge >= 0.3 is 0 Å². The van der Waals surface area contributed by atoms with E-state index in [2.05, 4.69) is 22.2 Å². The van der Waals surface area contributed by atoms with Gasteiger partial charge in [0.25, 0.3) is 0 Å². The molecule has 1 aliphatic rings. The van der Waals surface area contributed by atoms with Crippen LogP contribution in [0.25, 0.3) is 11.0 Å². The van der Waals surface area contributed by atoms with Gasteiger partial charge in [-0.2, -0.15) is 0 Å². The molecule has 0 aliphatic carbocycles. The lowest BCUT2D eigenvalue weighted by Gasteiger charge is -2.26. The van der Waals surface area contributed by atoms with Crippen LogP contribution in [0, 0.1) is 0 Å². The molecule has 2 atom stereocenters. The fourth-order valence-electron chi connectivity index (χ4n) is 2.81. The van der Waals surface area contributed by atoms with Crippen LogP contribution in [-0.4, -0.2) is 37.2 Å². The number of H-pyrrole nitrogens is 1. The van der Waals surface area contributed by atoms with Crippen molar-refractivity contribution in [1.29, 1.82) is 0 Å². The molecular formula is C14H19N3O2S. The minimum atomic E-state index is -3.18. The third-order valence-electron chi connectivity index (χ3n) is 3.91. The Morgan fingerprint density at radius 1 is 1.35 bits per heavy atom. The van der Waals surface area contributed by atoms with E-state index in [-0.39, 0.29) is 0 Å². The lowest BCUT2D eigenvalue weighted by atomic mass is 9.93. The van der Waals surface area contributed by atoms with E-state index < -0.39 is 9.84 Å². The monoisotopic (exact) mass is 293 g/mol. The number of nitrogens with zero attached hydrogens (tertiary/aromatic N) is 1. The van der Waals surface area contributed by atoms with E-state index in [1.165, 1.54) is 6.26 Å². The van der Waals surface area contributed by atoms with Crippen LogP contribution >= 0.6 is 0 Å². The molecule has 1 fully saturated rings. The highest BCUT2D eigenvalue weighted by Crippen LogP contribution is 2.28. The Morgan fingerprint density at radius 3 is 2.85 bits per heavy atom. The molecule has 3 rings (SSSR count). The normalized spacial score (nSPS) is 24.1. The van der Waals surface area contributed by atoms with E-state index >= 15 is 0 Å². The van der Waals surface area contributed by atoms with Gasteiger partial charge in [-0.05, 0) is 44.5 Å². The van der Waals surface area contributed by atoms with Gasteiger partial charge in [-0.15, -0.1) is 0 Å². The zero-order valence-electron chi connectivity index (χ0n) is 11.7. The van der Waals surface area contributed by atoms with Crippen molar-refractivity contribution in [3.8, 4) is 0 Å². The lowest BCUT2D eigenvalue weighted by Crippen LogP contribution is -2.35. The quantitative estimate of drug-likeness (QED) is 0.885. The number of nitrogens with one attached hydrogen (secondary N) is 2. The second-order valence-electron chi connectivity index (χ2n) is 5.65. The summed E-state index contributed by atoms with van der Waals surface area (Å²) in [5, 5.41) is 3.42. The molecule has 0 spiro atoms. The third-order valence-corrected chi connectivity index (χ3v) is 5.02. The smallest absolute Gasteiger partial charge is 0.175 e. The Bertz CT molecular complexity index is 736. The number of fused-ring (bicyclic) bond motifs is 1. The molecule has 0 bridgehead atoms. The summed E-state index contributed by atoms with van der Waals surface area (Å²) in [6.07, 6.45) is 3.34. The zero-order valence-corrected chi connectivity index (χ0v) is 12.5. The Labute approximate surface area is 118 Å². The SMILES string of the molecule is CC1CC(c2nc3ccc(S(C)(=O)=O)cc3[nH]2)CCN1. The minimum Gasteiger partial charge on any atom is -0.342 e. The molecule has 2 N–H and O–H groups in total. The molecule has 20 heavy (non-hydrogen) atoms. The van der Waals surface area contributed by atoms with Gasteiger partial charge in [0, 0.05) is 18.2 Å². The molecule has 0 radical (unpaired) electrons. The molecule has 2 heterocycles. The Morgan fingerprint density at radius 2 is 2.15 bits per heavy atom. The van der Waals surface area contributed by atoms with Crippen molar-refractivity contribution >= 4 is 20.9 Å². The van der Waals surface area contributed by atoms with Gasteiger partial charge in [-0.3, -0.25) is 0 Å². The highest BCUT2D eigenvalue weighted by atomic mass is 32.2. The first-order chi connectivity index (χ1) is 9.43. The van der Waals surface area contributed by atoms with E-state index in [0.717, 1.165) is 36.2 Å². The molecule has 2 unspecified atom stereocenters. The first-order valence-electron chi connectivity index (χ1n) is 6.86. The maximum Gasteiger partial charge on any atom is 0.175 e. The van der Waals surface area contributed by atoms with E-state index in [0.29, 0.717) is 16.9 Å². The number of hydrogen-bond donors (Lipinski definition) is 2. The molecule has 1 saturated heterocycles. The van der Waals surface area contributed by atoms with E-state index in [4.69, 9.17) is 0 Å². The van der Waals surface area contributed by atoms with Gasteiger partial charge in [-0.25, -0.2) is 13.4 Å². The highest BCUT2D eigenvalue weighted by molar-refractivity contribution is 7.90. The van der Waals surface area contributed by atoms with Crippen LogP contribution in [0.5, 0.6) is 0 Å². The molecule has 0 saturated carbocycles. The van der Waals surface area contributed by atoms with Gasteiger partial charge in [-0.1, -0.05) is 0 Å². The van der Waals surface area contributed by atoms with Gasteiger partial charge in [0.15, 0.2) is 9.84 Å². The maximum atomic E-state index is 11.6. The second kappa shape index (κ2) is 4.86. The van der Waals surface area contributed by atoms with Crippen LogP contribution in [0.3, 0.4) is 0 Å². The summed E-state index contributed by atoms with van der Waals surface area (Å²) >= 11 is 0. The summed E-state index contributed by atoms with van der Waals surface area (Å²) in [7, 11) is -3.18. The molecule has 6 heteroatoms. The number of rotatable bonds is 2. The average Bonchev–Trinajstić information content (AvgIpc) is 2.80. The van der Waals surface area contributed by atoms with Crippen molar-refractivity contribution in [3.05, 3.63) is 24.0 Å². The van der Waals surface area contributed by atoms with Gasteiger partial charge < -0.3 is 10.3 Å². The van der Waals surface area contributed by atoms with Crippen LogP contribution < -0.4 is 5.32 Å². The molecule has 2 aromatic rings. The highest BCUT2D eigenvalue weighted by Gasteiger charge is 2.22. The largest absolute Gasteiger partial charge is 0.342 e. The predicted octanol–water partition coefficient (Wildman–Crippen LogP) is 1.82. The van der Waals surface area contributed by atoms with Crippen molar-refractivity contribution < 1.29 is 8.42 Å². The molecule has 5 nitrogen and oxygen atoms in total. The van der Waals surface area contributed by atoms with Gasteiger partial charge in [0.1, 0.15) is 5.82 Å². The summed E-state index contributed by atoms with van der Waals surface area (Å²) < 4.78 is 23.2. The molecule has 108 valence electrons. The lowest BCUT2D eigenvalue weighted by molar-refractivity contribution is 0.373. The standard InChI is InChI=1S/C14H19N3O2S/c1-9-7-10(5-6-15-9)14-16-12-4-3-11(20(2,18)19)8-13(12)17-14/h3-4,8-10,15H,5-7H2,1-2H3,(H,16,17). The molecule has 1 aliphatic heterocycles. The number of aromatic nitrogens is 2. The fourth-order valence-corrected chi connectivity index (χ4v) is 3.46. The van der Waals surface area contributed by atoms with E-state index in [1.54, 1.807) is 18.2 Å². The van der Waals surface area contributed by atoms with Crippen LogP contribution in [0.2, 0.25) is 0 Å². The van der Waals surface area contributed by atoms with Crippen molar-refractivity contribution in [2.75, 3.05) is 12.8 Å². The fraction of sp³-hybridized carbons (Fsp3) is 0.500. The van der Waals surface area contributed by atoms with Crippen molar-refractivity contribution in [3.63, 3.8) is 0 Å². The van der Waals surface area contributed by atoms with Crippen molar-refractivity contribution in [1.82, 2.24) is 15.3 Å². The summed E-state index contributed by atoms with van der Waals surface area (Å²) in [5.74, 6) is 1.39. The number of piperidine rings is 1. The Balaban J connectivity index is 1.98. The zero-order chi connectivity index (χ0) is 14.3. The number of benzene rings is 1. The first-order valence-corrected chi connectivity index (χ1v) is 8.76. The number of hydrogen-bond acceptors (Lipinski definition) is 4. The summed E-state index contributed by atoms with van der Waals surface area (Å²) in [5.41, 5.74) is 1.63.